The van der Waals surface area contributed by atoms with E-state index >= 15 is 0 Å². The van der Waals surface area contributed by atoms with Crippen LogP contribution in [0.3, 0.4) is 0 Å². The van der Waals surface area contributed by atoms with Crippen LogP contribution in [0.4, 0.5) is 5.69 Å². The summed E-state index contributed by atoms with van der Waals surface area (Å²) in [6, 6.07) is 10.3. The molecule has 2 N–H and O–H groups in total. The van der Waals surface area contributed by atoms with E-state index in [1.165, 1.54) is 0 Å². The standard InChI is InChI=1S/C21H20ClN5O3/c1-11-8-12(2)27(26-11)18-7-5-15(22)20(25-18)21(29)23-13(3)14-4-6-17-16(9-14)24-19(28)10-30-17/h4-9,13H,10H2,1-3H3,(H,23,29)(H,24,28). The smallest absolute Gasteiger partial charge is 0.271 e. The monoisotopic (exact) mass is 425 g/mol. The number of aryl methyl sites for hydroxylation is 2. The first-order valence-corrected chi connectivity index (χ1v) is 9.77. The zero-order valence-electron chi connectivity index (χ0n) is 16.7. The quantitative estimate of drug-likeness (QED) is 0.667. The molecule has 1 aliphatic heterocycles. The van der Waals surface area contributed by atoms with E-state index in [2.05, 4.69) is 20.7 Å². The van der Waals surface area contributed by atoms with Crippen molar-refractivity contribution in [2.45, 2.75) is 26.8 Å². The molecule has 154 valence electrons. The Bertz CT molecular complexity index is 1160. The van der Waals surface area contributed by atoms with Crippen LogP contribution in [0, 0.1) is 13.8 Å². The number of carbonyl (C=O) groups excluding carboxylic acids is 2. The molecule has 0 saturated carbocycles. The highest BCUT2D eigenvalue weighted by molar-refractivity contribution is 6.33. The summed E-state index contributed by atoms with van der Waals surface area (Å²) in [5, 5.41) is 10.3. The molecule has 0 fully saturated rings. The molecule has 0 saturated heterocycles. The van der Waals surface area contributed by atoms with E-state index in [9.17, 15) is 9.59 Å². The van der Waals surface area contributed by atoms with Crippen molar-refractivity contribution in [2.75, 3.05) is 11.9 Å². The minimum absolute atomic E-state index is 0.00556. The van der Waals surface area contributed by atoms with Crippen molar-refractivity contribution in [3.05, 3.63) is 64.1 Å². The number of nitrogens with one attached hydrogen (secondary N) is 2. The van der Waals surface area contributed by atoms with Gasteiger partial charge in [0.2, 0.25) is 0 Å². The fourth-order valence-electron chi connectivity index (χ4n) is 3.29. The summed E-state index contributed by atoms with van der Waals surface area (Å²) in [5.74, 6) is 0.484. The number of rotatable bonds is 4. The molecular weight excluding hydrogens is 406 g/mol. The third-order valence-corrected chi connectivity index (χ3v) is 5.06. The number of carbonyl (C=O) groups is 2. The molecule has 0 bridgehead atoms. The average Bonchev–Trinajstić information content (AvgIpc) is 3.05. The summed E-state index contributed by atoms with van der Waals surface area (Å²) < 4.78 is 7.03. The molecule has 0 aliphatic carbocycles. The third kappa shape index (κ3) is 3.86. The van der Waals surface area contributed by atoms with Gasteiger partial charge in [-0.05, 0) is 56.7 Å². The van der Waals surface area contributed by atoms with E-state index in [0.717, 1.165) is 17.0 Å². The number of benzene rings is 1. The van der Waals surface area contributed by atoms with Gasteiger partial charge in [-0.2, -0.15) is 5.10 Å². The normalized spacial score (nSPS) is 13.8. The predicted molar refractivity (Wildman–Crippen MR) is 112 cm³/mol. The van der Waals surface area contributed by atoms with Crippen molar-refractivity contribution in [1.82, 2.24) is 20.1 Å². The molecule has 0 spiro atoms. The van der Waals surface area contributed by atoms with E-state index in [0.29, 0.717) is 17.3 Å². The van der Waals surface area contributed by atoms with E-state index in [4.69, 9.17) is 16.3 Å². The number of amides is 2. The van der Waals surface area contributed by atoms with Gasteiger partial charge in [-0.3, -0.25) is 9.59 Å². The highest BCUT2D eigenvalue weighted by Gasteiger charge is 2.20. The van der Waals surface area contributed by atoms with Gasteiger partial charge in [0.05, 0.1) is 22.4 Å². The van der Waals surface area contributed by atoms with Gasteiger partial charge in [0.1, 0.15) is 11.4 Å². The van der Waals surface area contributed by atoms with Crippen LogP contribution < -0.4 is 15.4 Å². The number of hydrogen-bond donors (Lipinski definition) is 2. The fourth-order valence-corrected chi connectivity index (χ4v) is 3.48. The molecule has 4 rings (SSSR count). The predicted octanol–water partition coefficient (Wildman–Crippen LogP) is 3.36. The molecule has 8 nitrogen and oxygen atoms in total. The van der Waals surface area contributed by atoms with Gasteiger partial charge in [0.15, 0.2) is 12.4 Å². The van der Waals surface area contributed by atoms with E-state index in [1.807, 2.05) is 32.9 Å². The Morgan fingerprint density at radius 3 is 2.80 bits per heavy atom. The summed E-state index contributed by atoms with van der Waals surface area (Å²) in [7, 11) is 0. The Kier molecular flexibility index (Phi) is 5.17. The van der Waals surface area contributed by atoms with Gasteiger partial charge >= 0.3 is 0 Å². The number of hydrogen-bond acceptors (Lipinski definition) is 5. The van der Waals surface area contributed by atoms with E-state index in [1.54, 1.807) is 28.9 Å². The molecule has 3 heterocycles. The van der Waals surface area contributed by atoms with Crippen LogP contribution in [0.15, 0.2) is 36.4 Å². The number of ether oxygens (including phenoxy) is 1. The second-order valence-corrected chi connectivity index (χ2v) is 7.53. The second kappa shape index (κ2) is 7.79. The summed E-state index contributed by atoms with van der Waals surface area (Å²) in [4.78, 5) is 28.9. The fraction of sp³-hybridized carbons (Fsp3) is 0.238. The first kappa shape index (κ1) is 19.9. The maximum atomic E-state index is 12.9. The highest BCUT2D eigenvalue weighted by atomic mass is 35.5. The Morgan fingerprint density at radius 1 is 1.27 bits per heavy atom. The van der Waals surface area contributed by atoms with Gasteiger partial charge in [-0.25, -0.2) is 9.67 Å². The number of nitrogens with zero attached hydrogens (tertiary/aromatic N) is 3. The van der Waals surface area contributed by atoms with Crippen LogP contribution in [0.1, 0.15) is 40.4 Å². The van der Waals surface area contributed by atoms with Gasteiger partial charge in [0, 0.05) is 5.69 Å². The van der Waals surface area contributed by atoms with E-state index in [-0.39, 0.29) is 29.3 Å². The van der Waals surface area contributed by atoms with Gasteiger partial charge in [-0.15, -0.1) is 0 Å². The van der Waals surface area contributed by atoms with Crippen molar-refractivity contribution >= 4 is 29.1 Å². The molecule has 2 aromatic heterocycles. The molecule has 1 aromatic carbocycles. The van der Waals surface area contributed by atoms with Crippen molar-refractivity contribution in [2.24, 2.45) is 0 Å². The number of pyridine rings is 1. The van der Waals surface area contributed by atoms with E-state index < -0.39 is 5.91 Å². The first-order chi connectivity index (χ1) is 14.3. The molecule has 30 heavy (non-hydrogen) atoms. The second-order valence-electron chi connectivity index (χ2n) is 7.13. The lowest BCUT2D eigenvalue weighted by Gasteiger charge is -2.21. The van der Waals surface area contributed by atoms with Crippen LogP contribution in [-0.2, 0) is 4.79 Å². The van der Waals surface area contributed by atoms with Crippen LogP contribution >= 0.6 is 11.6 Å². The summed E-state index contributed by atoms with van der Waals surface area (Å²) in [6.07, 6.45) is 0. The van der Waals surface area contributed by atoms with Crippen molar-refractivity contribution in [3.8, 4) is 11.6 Å². The summed E-state index contributed by atoms with van der Waals surface area (Å²) in [5.41, 5.74) is 3.25. The molecule has 1 unspecified atom stereocenters. The highest BCUT2D eigenvalue weighted by Crippen LogP contribution is 2.30. The largest absolute Gasteiger partial charge is 0.482 e. The lowest BCUT2D eigenvalue weighted by atomic mass is 10.1. The lowest BCUT2D eigenvalue weighted by molar-refractivity contribution is -0.118. The Labute approximate surface area is 178 Å². The lowest BCUT2D eigenvalue weighted by Crippen LogP contribution is -2.29. The summed E-state index contributed by atoms with van der Waals surface area (Å²) >= 11 is 6.25. The topological polar surface area (TPSA) is 98.1 Å². The van der Waals surface area contributed by atoms with Crippen molar-refractivity contribution < 1.29 is 14.3 Å². The van der Waals surface area contributed by atoms with Crippen LogP contribution in [0.2, 0.25) is 5.02 Å². The van der Waals surface area contributed by atoms with Crippen LogP contribution in [0.25, 0.3) is 5.82 Å². The summed E-state index contributed by atoms with van der Waals surface area (Å²) in [6.45, 7) is 5.63. The molecule has 0 radical (unpaired) electrons. The molecule has 1 aliphatic rings. The number of halogens is 1. The number of aromatic nitrogens is 3. The first-order valence-electron chi connectivity index (χ1n) is 9.39. The Hall–Kier alpha value is -3.39. The number of fused-ring (bicyclic) bond motifs is 1. The zero-order chi connectivity index (χ0) is 21.4. The molecule has 2 amide bonds. The van der Waals surface area contributed by atoms with Crippen molar-refractivity contribution in [3.63, 3.8) is 0 Å². The van der Waals surface area contributed by atoms with Gasteiger partial charge < -0.3 is 15.4 Å². The average molecular weight is 426 g/mol. The molecule has 3 aromatic rings. The Morgan fingerprint density at radius 2 is 2.07 bits per heavy atom. The van der Waals surface area contributed by atoms with Crippen LogP contribution in [-0.4, -0.2) is 33.2 Å². The third-order valence-electron chi connectivity index (χ3n) is 4.76. The maximum Gasteiger partial charge on any atom is 0.271 e. The SMILES string of the molecule is Cc1cc(C)n(-c2ccc(Cl)c(C(=O)NC(C)c3ccc4c(c3)NC(=O)CO4)n2)n1. The van der Waals surface area contributed by atoms with Gasteiger partial charge in [-0.1, -0.05) is 17.7 Å². The zero-order valence-corrected chi connectivity index (χ0v) is 17.4. The Balaban J connectivity index is 1.56. The molecule has 1 atom stereocenters. The van der Waals surface area contributed by atoms with Crippen molar-refractivity contribution in [1.29, 1.82) is 0 Å². The van der Waals surface area contributed by atoms with Gasteiger partial charge in [0.25, 0.3) is 11.8 Å². The maximum absolute atomic E-state index is 12.9. The minimum atomic E-state index is -0.408. The minimum Gasteiger partial charge on any atom is -0.482 e. The molecular formula is C21H20ClN5O3. The molecule has 9 heteroatoms. The number of anilines is 1. The van der Waals surface area contributed by atoms with Crippen LogP contribution in [0.5, 0.6) is 5.75 Å².